The molecule has 0 saturated carbocycles. The highest BCUT2D eigenvalue weighted by molar-refractivity contribution is 5.97. The number of ether oxygens (including phenoxy) is 1. The Morgan fingerprint density at radius 1 is 1.46 bits per heavy atom. The molecule has 1 fully saturated rings. The molecule has 0 unspecified atom stereocenters. The summed E-state index contributed by atoms with van der Waals surface area (Å²) < 4.78 is 5.23. The molecule has 0 aromatic carbocycles. The number of ketones is 1. The van der Waals surface area contributed by atoms with Gasteiger partial charge in [-0.15, -0.1) is 0 Å². The summed E-state index contributed by atoms with van der Waals surface area (Å²) >= 11 is 0. The lowest BCUT2D eigenvalue weighted by atomic mass is 9.90. The van der Waals surface area contributed by atoms with Crippen molar-refractivity contribution < 1.29 is 9.53 Å². The number of carbonyl (C=O) groups excluding carboxylic acids is 1. The molecule has 0 aromatic rings. The van der Waals surface area contributed by atoms with Gasteiger partial charge in [-0.2, -0.15) is 0 Å². The Morgan fingerprint density at radius 3 is 2.54 bits per heavy atom. The molecule has 2 heteroatoms. The molecule has 2 nitrogen and oxygen atoms in total. The lowest BCUT2D eigenvalue weighted by Gasteiger charge is -2.21. The second-order valence-corrected chi connectivity index (χ2v) is 3.42. The van der Waals surface area contributed by atoms with Crippen LogP contribution in [0.2, 0.25) is 0 Å². The van der Waals surface area contributed by atoms with Crippen molar-refractivity contribution in [1.82, 2.24) is 0 Å². The highest BCUT2D eigenvalue weighted by Crippen LogP contribution is 2.20. The maximum Gasteiger partial charge on any atom is 0.161 e. The van der Waals surface area contributed by atoms with Gasteiger partial charge in [-0.25, -0.2) is 0 Å². The molecule has 1 aliphatic heterocycles. The van der Waals surface area contributed by atoms with Crippen LogP contribution in [0, 0.1) is 5.92 Å². The van der Waals surface area contributed by atoms with E-state index in [2.05, 4.69) is 0 Å². The predicted molar refractivity (Wildman–Crippen MR) is 52.6 cm³/mol. The quantitative estimate of drug-likeness (QED) is 0.626. The minimum absolute atomic E-state index is 0.222. The van der Waals surface area contributed by atoms with Crippen LogP contribution in [0.15, 0.2) is 11.6 Å². The van der Waals surface area contributed by atoms with Gasteiger partial charge in [0.15, 0.2) is 5.78 Å². The third kappa shape index (κ3) is 2.66. The van der Waals surface area contributed by atoms with E-state index in [1.54, 1.807) is 0 Å². The van der Waals surface area contributed by atoms with Gasteiger partial charge in [-0.3, -0.25) is 4.79 Å². The Balaban J connectivity index is 2.54. The third-order valence-electron chi connectivity index (χ3n) is 2.64. The lowest BCUT2D eigenvalue weighted by Crippen LogP contribution is -2.24. The van der Waals surface area contributed by atoms with Gasteiger partial charge in [0, 0.05) is 19.1 Å². The zero-order valence-corrected chi connectivity index (χ0v) is 8.51. The first-order valence-electron chi connectivity index (χ1n) is 5.06. The first-order valence-corrected chi connectivity index (χ1v) is 5.06. The number of allylic oxidation sites excluding steroid dienone is 2. The summed E-state index contributed by atoms with van der Waals surface area (Å²) in [5.41, 5.74) is 0.979. The van der Waals surface area contributed by atoms with E-state index >= 15 is 0 Å². The molecule has 0 aromatic heterocycles. The molecule has 74 valence electrons. The second-order valence-electron chi connectivity index (χ2n) is 3.42. The first-order chi connectivity index (χ1) is 6.29. The smallest absolute Gasteiger partial charge is 0.161 e. The van der Waals surface area contributed by atoms with E-state index in [9.17, 15) is 4.79 Å². The highest BCUT2D eigenvalue weighted by atomic mass is 16.5. The molecule has 13 heavy (non-hydrogen) atoms. The van der Waals surface area contributed by atoms with E-state index in [0.717, 1.165) is 38.0 Å². The third-order valence-corrected chi connectivity index (χ3v) is 2.64. The van der Waals surface area contributed by atoms with Crippen molar-refractivity contribution in [3.05, 3.63) is 11.6 Å². The highest BCUT2D eigenvalue weighted by Gasteiger charge is 2.22. The van der Waals surface area contributed by atoms with Crippen molar-refractivity contribution in [1.29, 1.82) is 0 Å². The Morgan fingerprint density at radius 2 is 2.08 bits per heavy atom. The lowest BCUT2D eigenvalue weighted by molar-refractivity contribution is -0.122. The monoisotopic (exact) mass is 182 g/mol. The summed E-state index contributed by atoms with van der Waals surface area (Å²) in [5.74, 6) is 0.563. The van der Waals surface area contributed by atoms with E-state index in [0.29, 0.717) is 5.78 Å². The first kappa shape index (κ1) is 10.5. The Hall–Kier alpha value is -0.630. The summed E-state index contributed by atoms with van der Waals surface area (Å²) in [7, 11) is 0. The minimum Gasteiger partial charge on any atom is -0.381 e. The van der Waals surface area contributed by atoms with Crippen LogP contribution >= 0.6 is 0 Å². The van der Waals surface area contributed by atoms with Crippen LogP contribution in [0.4, 0.5) is 0 Å². The van der Waals surface area contributed by atoms with Crippen LogP contribution in [-0.4, -0.2) is 19.0 Å². The minimum atomic E-state index is 0.222. The molecule has 0 N–H and O–H groups in total. The van der Waals surface area contributed by atoms with Gasteiger partial charge >= 0.3 is 0 Å². The Bertz CT molecular complexity index is 200. The molecule has 1 saturated heterocycles. The van der Waals surface area contributed by atoms with Crippen LogP contribution in [0.1, 0.15) is 33.1 Å². The fourth-order valence-electron chi connectivity index (χ4n) is 1.74. The fraction of sp³-hybridized carbons (Fsp3) is 0.727. The number of hydrogen-bond donors (Lipinski definition) is 0. The predicted octanol–water partition coefficient (Wildman–Crippen LogP) is 2.34. The van der Waals surface area contributed by atoms with Crippen LogP contribution in [-0.2, 0) is 9.53 Å². The standard InChI is InChI=1S/C11H18O2/c1-3-9(4-2)11(12)10-5-7-13-8-6-10/h3,10H,4-8H2,1-2H3/b9-3+. The molecule has 1 heterocycles. The van der Waals surface area contributed by atoms with Crippen molar-refractivity contribution in [2.24, 2.45) is 5.92 Å². The fourth-order valence-corrected chi connectivity index (χ4v) is 1.74. The topological polar surface area (TPSA) is 26.3 Å². The molecule has 0 bridgehead atoms. The molecular formula is C11H18O2. The summed E-state index contributed by atoms with van der Waals surface area (Å²) in [6, 6.07) is 0. The molecule has 0 atom stereocenters. The average molecular weight is 182 g/mol. The zero-order chi connectivity index (χ0) is 9.68. The Kier molecular flexibility index (Phi) is 4.16. The van der Waals surface area contributed by atoms with Crippen molar-refractivity contribution in [2.45, 2.75) is 33.1 Å². The molecule has 0 aliphatic carbocycles. The maximum absolute atomic E-state index is 11.8. The summed E-state index contributed by atoms with van der Waals surface area (Å²) in [6.45, 7) is 5.47. The SMILES string of the molecule is C/C=C(\CC)C(=O)C1CCOCC1. The van der Waals surface area contributed by atoms with Crippen molar-refractivity contribution in [2.75, 3.05) is 13.2 Å². The van der Waals surface area contributed by atoms with Crippen LogP contribution < -0.4 is 0 Å². The van der Waals surface area contributed by atoms with E-state index < -0.39 is 0 Å². The van der Waals surface area contributed by atoms with E-state index in [-0.39, 0.29) is 5.92 Å². The second kappa shape index (κ2) is 5.18. The van der Waals surface area contributed by atoms with Crippen molar-refractivity contribution >= 4 is 5.78 Å². The van der Waals surface area contributed by atoms with E-state index in [1.165, 1.54) is 0 Å². The molecule has 1 aliphatic rings. The van der Waals surface area contributed by atoms with Crippen LogP contribution in [0.3, 0.4) is 0 Å². The van der Waals surface area contributed by atoms with Crippen LogP contribution in [0.25, 0.3) is 0 Å². The normalized spacial score (nSPS) is 20.3. The molecule has 0 spiro atoms. The molecule has 0 radical (unpaired) electrons. The molecular weight excluding hydrogens is 164 g/mol. The van der Waals surface area contributed by atoms with Gasteiger partial charge < -0.3 is 4.74 Å². The van der Waals surface area contributed by atoms with Gasteiger partial charge in [0.05, 0.1) is 0 Å². The summed E-state index contributed by atoms with van der Waals surface area (Å²) in [6.07, 6.45) is 4.59. The van der Waals surface area contributed by atoms with Gasteiger partial charge in [0.1, 0.15) is 0 Å². The summed E-state index contributed by atoms with van der Waals surface area (Å²) in [5, 5.41) is 0. The van der Waals surface area contributed by atoms with Crippen molar-refractivity contribution in [3.8, 4) is 0 Å². The van der Waals surface area contributed by atoms with Crippen LogP contribution in [0.5, 0.6) is 0 Å². The molecule has 1 rings (SSSR count). The van der Waals surface area contributed by atoms with Gasteiger partial charge in [-0.05, 0) is 31.8 Å². The average Bonchev–Trinajstić information content (AvgIpc) is 2.21. The van der Waals surface area contributed by atoms with E-state index in [1.807, 2.05) is 19.9 Å². The number of hydrogen-bond acceptors (Lipinski definition) is 2. The largest absolute Gasteiger partial charge is 0.381 e. The van der Waals surface area contributed by atoms with Gasteiger partial charge in [0.25, 0.3) is 0 Å². The number of carbonyl (C=O) groups is 1. The number of rotatable bonds is 3. The maximum atomic E-state index is 11.8. The summed E-state index contributed by atoms with van der Waals surface area (Å²) in [4.78, 5) is 11.8. The molecule has 0 amide bonds. The van der Waals surface area contributed by atoms with Crippen molar-refractivity contribution in [3.63, 3.8) is 0 Å². The van der Waals surface area contributed by atoms with Gasteiger partial charge in [0.2, 0.25) is 0 Å². The Labute approximate surface area is 80.0 Å². The van der Waals surface area contributed by atoms with E-state index in [4.69, 9.17) is 4.74 Å². The zero-order valence-electron chi connectivity index (χ0n) is 8.51. The van der Waals surface area contributed by atoms with Gasteiger partial charge in [-0.1, -0.05) is 13.0 Å². The number of Topliss-reactive ketones (excluding diaryl/α,β-unsaturated/α-hetero) is 1.